The molecule has 3 nitrogen and oxygen atoms in total. The second kappa shape index (κ2) is 3.56. The Kier molecular flexibility index (Phi) is 2.55. The molecular weight excluding hydrogens is 288 g/mol. The molecule has 0 aliphatic heterocycles. The molecule has 0 saturated carbocycles. The molecule has 1 heterocycles. The van der Waals surface area contributed by atoms with E-state index in [1.165, 1.54) is 11.3 Å². The first-order chi connectivity index (χ1) is 6.63. The number of nitrogens with zero attached hydrogens (tertiary/aromatic N) is 1. The van der Waals surface area contributed by atoms with E-state index in [-0.39, 0.29) is 0 Å². The summed E-state index contributed by atoms with van der Waals surface area (Å²) in [5, 5.41) is 1.05. The van der Waals surface area contributed by atoms with E-state index in [4.69, 9.17) is 22.1 Å². The zero-order valence-electron chi connectivity index (χ0n) is 7.17. The summed E-state index contributed by atoms with van der Waals surface area (Å²) >= 11 is 10.8. The second-order valence-electron chi connectivity index (χ2n) is 2.60. The van der Waals surface area contributed by atoms with Gasteiger partial charge in [0.1, 0.15) is 10.8 Å². The van der Waals surface area contributed by atoms with Gasteiger partial charge in [-0.25, -0.2) is 4.98 Å². The van der Waals surface area contributed by atoms with E-state index in [1.54, 1.807) is 13.2 Å². The smallest absolute Gasteiger partial charge is 0.181 e. The van der Waals surface area contributed by atoms with E-state index >= 15 is 0 Å². The summed E-state index contributed by atoms with van der Waals surface area (Å²) in [5.41, 5.74) is 6.38. The molecule has 0 radical (unpaired) electrons. The molecule has 6 heteroatoms. The number of rotatable bonds is 1. The second-order valence-corrected chi connectivity index (χ2v) is 4.87. The fourth-order valence-corrected chi connectivity index (χ4v) is 2.91. The third-order valence-electron chi connectivity index (χ3n) is 1.76. The summed E-state index contributed by atoms with van der Waals surface area (Å²) in [6.45, 7) is 0. The minimum atomic E-state index is 0.496. The number of thiazole rings is 1. The summed E-state index contributed by atoms with van der Waals surface area (Å²) in [5.74, 6) is 0.620. The van der Waals surface area contributed by atoms with Crippen molar-refractivity contribution in [2.24, 2.45) is 0 Å². The van der Waals surface area contributed by atoms with Crippen molar-refractivity contribution in [3.8, 4) is 5.75 Å². The molecule has 1 aromatic heterocycles. The van der Waals surface area contributed by atoms with Gasteiger partial charge >= 0.3 is 0 Å². The molecule has 0 aliphatic carbocycles. The van der Waals surface area contributed by atoms with E-state index in [1.807, 2.05) is 0 Å². The van der Waals surface area contributed by atoms with Gasteiger partial charge in [0.05, 0.1) is 17.3 Å². The number of fused-ring (bicyclic) bond motifs is 1. The standard InChI is InChI=1S/C8H6BrClN2OS/c1-13-4-2-3(9)6-7(5(4)10)14-8(11)12-6/h2H,1H3,(H2,11,12). The van der Waals surface area contributed by atoms with Gasteiger partial charge in [0.2, 0.25) is 0 Å². The average Bonchev–Trinajstić information content (AvgIpc) is 2.54. The number of hydrogen-bond acceptors (Lipinski definition) is 4. The normalized spacial score (nSPS) is 10.8. The third kappa shape index (κ3) is 1.45. The molecule has 0 spiro atoms. The van der Waals surface area contributed by atoms with E-state index in [0.29, 0.717) is 15.9 Å². The average molecular weight is 294 g/mol. The lowest BCUT2D eigenvalue weighted by molar-refractivity contribution is 0.415. The molecule has 2 N–H and O–H groups in total. The van der Waals surface area contributed by atoms with Crippen molar-refractivity contribution < 1.29 is 4.74 Å². The maximum atomic E-state index is 6.10. The molecule has 0 aliphatic rings. The molecule has 74 valence electrons. The van der Waals surface area contributed by atoms with Crippen LogP contribution >= 0.6 is 38.9 Å². The number of ether oxygens (including phenoxy) is 1. The Bertz CT molecular complexity index is 500. The zero-order valence-corrected chi connectivity index (χ0v) is 10.3. The fraction of sp³-hybridized carbons (Fsp3) is 0.125. The Morgan fingerprint density at radius 2 is 2.36 bits per heavy atom. The number of aromatic nitrogens is 1. The minimum Gasteiger partial charge on any atom is -0.495 e. The quantitative estimate of drug-likeness (QED) is 0.877. The van der Waals surface area contributed by atoms with Crippen molar-refractivity contribution >= 4 is 54.2 Å². The monoisotopic (exact) mass is 292 g/mol. The first-order valence-electron chi connectivity index (χ1n) is 3.71. The van der Waals surface area contributed by atoms with Crippen LogP contribution in [0.5, 0.6) is 5.75 Å². The molecule has 2 aromatic rings. The van der Waals surface area contributed by atoms with Crippen LogP contribution in [0, 0.1) is 0 Å². The predicted octanol–water partition coefficient (Wildman–Crippen LogP) is 3.30. The lowest BCUT2D eigenvalue weighted by Gasteiger charge is -2.03. The van der Waals surface area contributed by atoms with Crippen molar-refractivity contribution in [3.63, 3.8) is 0 Å². The van der Waals surface area contributed by atoms with Gasteiger partial charge in [-0.3, -0.25) is 0 Å². The van der Waals surface area contributed by atoms with E-state index in [0.717, 1.165) is 14.7 Å². The zero-order chi connectivity index (χ0) is 10.3. The van der Waals surface area contributed by atoms with Crippen LogP contribution in [0.3, 0.4) is 0 Å². The molecule has 14 heavy (non-hydrogen) atoms. The van der Waals surface area contributed by atoms with Crippen LogP contribution in [0.1, 0.15) is 0 Å². The van der Waals surface area contributed by atoms with Gasteiger partial charge in [-0.15, -0.1) is 0 Å². The molecule has 0 unspecified atom stereocenters. The van der Waals surface area contributed by atoms with Crippen molar-refractivity contribution in [3.05, 3.63) is 15.6 Å². The highest BCUT2D eigenvalue weighted by molar-refractivity contribution is 9.10. The van der Waals surface area contributed by atoms with Gasteiger partial charge in [0, 0.05) is 4.47 Å². The van der Waals surface area contributed by atoms with E-state index in [9.17, 15) is 0 Å². The SMILES string of the molecule is COc1cc(Br)c2nc(N)sc2c1Cl. The summed E-state index contributed by atoms with van der Waals surface area (Å²) < 4.78 is 6.80. The molecule has 0 bridgehead atoms. The molecule has 0 atom stereocenters. The Morgan fingerprint density at radius 3 is 3.00 bits per heavy atom. The van der Waals surface area contributed by atoms with Gasteiger partial charge in [0.25, 0.3) is 0 Å². The van der Waals surface area contributed by atoms with Gasteiger partial charge in [-0.1, -0.05) is 22.9 Å². The summed E-state index contributed by atoms with van der Waals surface area (Å²) in [4.78, 5) is 4.16. The Morgan fingerprint density at radius 1 is 1.64 bits per heavy atom. The summed E-state index contributed by atoms with van der Waals surface area (Å²) in [6.07, 6.45) is 0. The topological polar surface area (TPSA) is 48.1 Å². The number of hydrogen-bond donors (Lipinski definition) is 1. The lowest BCUT2D eigenvalue weighted by Crippen LogP contribution is -1.85. The molecular formula is C8H6BrClN2OS. The van der Waals surface area contributed by atoms with Gasteiger partial charge in [0.15, 0.2) is 5.13 Å². The molecule has 1 aromatic carbocycles. The highest BCUT2D eigenvalue weighted by Crippen LogP contribution is 2.41. The van der Waals surface area contributed by atoms with Crippen LogP contribution in [-0.4, -0.2) is 12.1 Å². The molecule has 0 fully saturated rings. The van der Waals surface area contributed by atoms with Crippen LogP contribution in [0.2, 0.25) is 5.02 Å². The number of nitrogen functional groups attached to an aromatic ring is 1. The Hall–Kier alpha value is -0.520. The van der Waals surface area contributed by atoms with Gasteiger partial charge < -0.3 is 10.5 Å². The van der Waals surface area contributed by atoms with Crippen molar-refractivity contribution in [1.82, 2.24) is 4.98 Å². The number of halogens is 2. The Labute approximate surface area is 98.0 Å². The van der Waals surface area contributed by atoms with Crippen LogP contribution < -0.4 is 10.5 Å². The van der Waals surface area contributed by atoms with E-state index in [2.05, 4.69) is 20.9 Å². The number of methoxy groups -OCH3 is 1. The van der Waals surface area contributed by atoms with E-state index < -0.39 is 0 Å². The summed E-state index contributed by atoms with van der Waals surface area (Å²) in [7, 11) is 1.57. The van der Waals surface area contributed by atoms with Crippen LogP contribution in [0.25, 0.3) is 10.2 Å². The predicted molar refractivity (Wildman–Crippen MR) is 63.3 cm³/mol. The minimum absolute atomic E-state index is 0.496. The number of anilines is 1. The third-order valence-corrected chi connectivity index (χ3v) is 3.76. The summed E-state index contributed by atoms with van der Waals surface area (Å²) in [6, 6.07) is 1.78. The first-order valence-corrected chi connectivity index (χ1v) is 5.70. The van der Waals surface area contributed by atoms with Crippen molar-refractivity contribution in [2.45, 2.75) is 0 Å². The molecule has 2 rings (SSSR count). The largest absolute Gasteiger partial charge is 0.495 e. The highest BCUT2D eigenvalue weighted by atomic mass is 79.9. The maximum Gasteiger partial charge on any atom is 0.181 e. The number of nitrogens with two attached hydrogens (primary N) is 1. The first kappa shape index (κ1) is 10.0. The van der Waals surface area contributed by atoms with Crippen LogP contribution in [0.4, 0.5) is 5.13 Å². The maximum absolute atomic E-state index is 6.10. The van der Waals surface area contributed by atoms with Crippen molar-refractivity contribution in [1.29, 1.82) is 0 Å². The fourth-order valence-electron chi connectivity index (χ4n) is 1.15. The van der Waals surface area contributed by atoms with Crippen LogP contribution in [0.15, 0.2) is 10.5 Å². The van der Waals surface area contributed by atoms with Gasteiger partial charge in [-0.2, -0.15) is 0 Å². The highest BCUT2D eigenvalue weighted by Gasteiger charge is 2.13. The lowest BCUT2D eigenvalue weighted by atomic mass is 10.3. The Balaban J connectivity index is 2.86. The number of benzene rings is 1. The van der Waals surface area contributed by atoms with Crippen LogP contribution in [-0.2, 0) is 0 Å². The van der Waals surface area contributed by atoms with Gasteiger partial charge in [-0.05, 0) is 22.0 Å². The molecule has 0 saturated heterocycles. The van der Waals surface area contributed by atoms with Crippen molar-refractivity contribution in [2.75, 3.05) is 12.8 Å². The molecule has 0 amide bonds.